The molecule has 1 atom stereocenters. The van der Waals surface area contributed by atoms with Crippen LogP contribution in [0.3, 0.4) is 0 Å². The molecule has 0 aromatic carbocycles. The highest BCUT2D eigenvalue weighted by molar-refractivity contribution is 7.88. The Morgan fingerprint density at radius 2 is 1.90 bits per heavy atom. The molecule has 1 unspecified atom stereocenters. The van der Waals surface area contributed by atoms with Gasteiger partial charge in [0.05, 0.1) is 17.0 Å². The topological polar surface area (TPSA) is 71.1 Å². The molecule has 0 bridgehead atoms. The summed E-state index contributed by atoms with van der Waals surface area (Å²) in [6.07, 6.45) is 1.17. The quantitative estimate of drug-likeness (QED) is 0.786. The van der Waals surface area contributed by atoms with Gasteiger partial charge in [0.1, 0.15) is 0 Å². The van der Waals surface area contributed by atoms with Crippen LogP contribution in [0.1, 0.15) is 49.3 Å². The Kier molecular flexibility index (Phi) is 5.71. The van der Waals surface area contributed by atoms with Crippen LogP contribution in [0.2, 0.25) is 0 Å². The molecule has 0 saturated heterocycles. The van der Waals surface area contributed by atoms with E-state index in [0.717, 1.165) is 10.7 Å². The minimum atomic E-state index is -3.11. The zero-order valence-electron chi connectivity index (χ0n) is 13.1. The van der Waals surface area contributed by atoms with Crippen LogP contribution < -0.4 is 10.0 Å². The van der Waals surface area contributed by atoms with E-state index in [0.29, 0.717) is 13.1 Å². The van der Waals surface area contributed by atoms with Crippen molar-refractivity contribution in [3.8, 4) is 0 Å². The first-order valence-corrected chi connectivity index (χ1v) is 9.37. The predicted octanol–water partition coefficient (Wildman–Crippen LogP) is 1.95. The molecule has 2 N–H and O–H groups in total. The van der Waals surface area contributed by atoms with E-state index < -0.39 is 10.0 Å². The van der Waals surface area contributed by atoms with Gasteiger partial charge in [0, 0.05) is 29.4 Å². The van der Waals surface area contributed by atoms with Crippen molar-refractivity contribution in [2.75, 3.05) is 19.3 Å². The van der Waals surface area contributed by atoms with Crippen LogP contribution in [0.4, 0.5) is 0 Å². The fourth-order valence-electron chi connectivity index (χ4n) is 1.75. The van der Waals surface area contributed by atoms with Crippen molar-refractivity contribution in [2.24, 2.45) is 0 Å². The molecular formula is C13H25N3O2S2. The number of rotatable bonds is 6. The second kappa shape index (κ2) is 6.51. The highest BCUT2D eigenvalue weighted by Gasteiger charge is 2.22. The van der Waals surface area contributed by atoms with E-state index in [1.807, 2.05) is 6.92 Å². The first-order chi connectivity index (χ1) is 9.00. The van der Waals surface area contributed by atoms with Crippen LogP contribution in [0, 0.1) is 6.92 Å². The minimum absolute atomic E-state index is 0.0608. The van der Waals surface area contributed by atoms with Crippen LogP contribution in [0.25, 0.3) is 0 Å². The summed E-state index contributed by atoms with van der Waals surface area (Å²) in [5, 5.41) is 4.45. The molecule has 116 valence electrons. The van der Waals surface area contributed by atoms with Gasteiger partial charge in [-0.25, -0.2) is 18.1 Å². The van der Waals surface area contributed by atoms with E-state index in [1.54, 1.807) is 11.3 Å². The van der Waals surface area contributed by atoms with Gasteiger partial charge in [0.15, 0.2) is 0 Å². The summed E-state index contributed by atoms with van der Waals surface area (Å²) >= 11 is 1.73. The van der Waals surface area contributed by atoms with Crippen LogP contribution in [-0.2, 0) is 15.4 Å². The molecule has 7 heteroatoms. The molecule has 1 heterocycles. The van der Waals surface area contributed by atoms with Gasteiger partial charge in [-0.1, -0.05) is 20.8 Å². The summed E-state index contributed by atoms with van der Waals surface area (Å²) in [7, 11) is -3.11. The van der Waals surface area contributed by atoms with E-state index in [9.17, 15) is 8.42 Å². The van der Waals surface area contributed by atoms with Gasteiger partial charge < -0.3 is 5.32 Å². The fourth-order valence-corrected chi connectivity index (χ4v) is 3.37. The Balaban J connectivity index is 2.60. The summed E-state index contributed by atoms with van der Waals surface area (Å²) in [5.74, 6) is 0. The molecule has 0 aliphatic rings. The molecule has 1 rings (SSSR count). The second-order valence-electron chi connectivity index (χ2n) is 6.06. The van der Waals surface area contributed by atoms with E-state index in [1.165, 1.54) is 11.1 Å². The average Bonchev–Trinajstić information content (AvgIpc) is 2.65. The highest BCUT2D eigenvalue weighted by Crippen LogP contribution is 2.32. The third kappa shape index (κ3) is 5.47. The maximum Gasteiger partial charge on any atom is 0.208 e. The lowest BCUT2D eigenvalue weighted by Gasteiger charge is -2.14. The number of aromatic nitrogens is 1. The third-order valence-corrected chi connectivity index (χ3v) is 5.30. The van der Waals surface area contributed by atoms with Crippen LogP contribution >= 0.6 is 11.3 Å². The molecule has 20 heavy (non-hydrogen) atoms. The van der Waals surface area contributed by atoms with E-state index in [4.69, 9.17) is 0 Å². The molecule has 0 saturated carbocycles. The lowest BCUT2D eigenvalue weighted by atomic mass is 9.98. The van der Waals surface area contributed by atoms with Crippen LogP contribution in [0.5, 0.6) is 0 Å². The van der Waals surface area contributed by atoms with E-state index in [2.05, 4.69) is 42.7 Å². The van der Waals surface area contributed by atoms with Gasteiger partial charge >= 0.3 is 0 Å². The molecular weight excluding hydrogens is 294 g/mol. The highest BCUT2D eigenvalue weighted by atomic mass is 32.2. The van der Waals surface area contributed by atoms with Crippen molar-refractivity contribution >= 4 is 21.4 Å². The molecule has 0 aliphatic heterocycles. The lowest BCUT2D eigenvalue weighted by molar-refractivity contribution is 0.558. The van der Waals surface area contributed by atoms with Crippen molar-refractivity contribution in [2.45, 2.75) is 46.1 Å². The molecule has 0 radical (unpaired) electrons. The van der Waals surface area contributed by atoms with Gasteiger partial charge in [-0.05, 0) is 13.8 Å². The normalized spacial score (nSPS) is 14.5. The number of hydrogen-bond acceptors (Lipinski definition) is 5. The van der Waals surface area contributed by atoms with Crippen LogP contribution in [0.15, 0.2) is 0 Å². The summed E-state index contributed by atoms with van der Waals surface area (Å²) in [6, 6.07) is 0.171. The molecule has 1 aromatic heterocycles. The second-order valence-corrected chi connectivity index (χ2v) is 8.92. The number of sulfonamides is 1. The molecule has 1 aromatic rings. The maximum absolute atomic E-state index is 11.0. The van der Waals surface area contributed by atoms with E-state index in [-0.39, 0.29) is 11.5 Å². The number of hydrogen-bond donors (Lipinski definition) is 2. The minimum Gasteiger partial charge on any atom is -0.308 e. The molecule has 5 nitrogen and oxygen atoms in total. The van der Waals surface area contributed by atoms with Gasteiger partial charge in [-0.15, -0.1) is 11.3 Å². The smallest absolute Gasteiger partial charge is 0.208 e. The molecule has 0 fully saturated rings. The van der Waals surface area contributed by atoms with Gasteiger partial charge in [0.25, 0.3) is 0 Å². The van der Waals surface area contributed by atoms with Crippen molar-refractivity contribution < 1.29 is 8.42 Å². The number of thiazole rings is 1. The zero-order valence-corrected chi connectivity index (χ0v) is 14.7. The average molecular weight is 319 g/mol. The van der Waals surface area contributed by atoms with Gasteiger partial charge in [-0.3, -0.25) is 0 Å². The third-order valence-electron chi connectivity index (χ3n) is 2.81. The fraction of sp³-hybridized carbons (Fsp3) is 0.769. The monoisotopic (exact) mass is 319 g/mol. The Morgan fingerprint density at radius 1 is 1.30 bits per heavy atom. The standard InChI is InChI=1S/C13H25N3O2S2/c1-9(14-7-8-15-20(6,17)18)11-10(2)16-12(19-11)13(3,4)5/h9,14-15H,7-8H2,1-6H3. The molecule has 0 spiro atoms. The van der Waals surface area contributed by atoms with Crippen LogP contribution in [-0.4, -0.2) is 32.7 Å². The first kappa shape index (κ1) is 17.6. The summed E-state index contributed by atoms with van der Waals surface area (Å²) < 4.78 is 24.4. The maximum atomic E-state index is 11.0. The Morgan fingerprint density at radius 3 is 2.35 bits per heavy atom. The van der Waals surface area contributed by atoms with Crippen molar-refractivity contribution in [3.63, 3.8) is 0 Å². The predicted molar refractivity (Wildman–Crippen MR) is 84.8 cm³/mol. The SMILES string of the molecule is Cc1nc(C(C)(C)C)sc1C(C)NCCNS(C)(=O)=O. The molecule has 0 aliphatic carbocycles. The van der Waals surface area contributed by atoms with E-state index >= 15 is 0 Å². The first-order valence-electron chi connectivity index (χ1n) is 6.66. The Labute approximate surface area is 126 Å². The number of nitrogens with zero attached hydrogens (tertiary/aromatic N) is 1. The van der Waals surface area contributed by atoms with Gasteiger partial charge in [0.2, 0.25) is 10.0 Å². The largest absolute Gasteiger partial charge is 0.308 e. The Bertz CT molecular complexity index is 544. The Hall–Kier alpha value is -0.500. The summed E-state index contributed by atoms with van der Waals surface area (Å²) in [5.41, 5.74) is 1.11. The van der Waals surface area contributed by atoms with Crippen molar-refractivity contribution in [1.82, 2.24) is 15.0 Å². The molecule has 0 amide bonds. The van der Waals surface area contributed by atoms with Crippen molar-refractivity contribution in [1.29, 1.82) is 0 Å². The van der Waals surface area contributed by atoms with Crippen molar-refractivity contribution in [3.05, 3.63) is 15.6 Å². The summed E-state index contributed by atoms with van der Waals surface area (Å²) in [6.45, 7) is 11.6. The lowest BCUT2D eigenvalue weighted by Crippen LogP contribution is -2.32. The number of aryl methyl sites for hydroxylation is 1. The summed E-state index contributed by atoms with van der Waals surface area (Å²) in [4.78, 5) is 5.85. The zero-order chi connectivity index (χ0) is 15.6. The van der Waals surface area contributed by atoms with Gasteiger partial charge in [-0.2, -0.15) is 0 Å². The number of nitrogens with one attached hydrogen (secondary N) is 2.